The van der Waals surface area contributed by atoms with Gasteiger partial charge < -0.3 is 0 Å². The second-order valence-corrected chi connectivity index (χ2v) is 18.1. The molecule has 1 aliphatic heterocycles. The fourth-order valence-corrected chi connectivity index (χ4v) is 10.5. The van der Waals surface area contributed by atoms with E-state index in [2.05, 4.69) is 58.1 Å². The molecule has 1 aliphatic rings. The molecule has 0 amide bonds. The number of nitrogens with two attached hydrogens (primary N) is 1. The molecule has 156 valence electrons. The third-order valence-electron chi connectivity index (χ3n) is 6.47. The van der Waals surface area contributed by atoms with E-state index in [1.165, 1.54) is 11.3 Å². The van der Waals surface area contributed by atoms with Gasteiger partial charge in [-0.25, -0.2) is 0 Å². The molecule has 0 aliphatic carbocycles. The standard InChI is InChI=1S/C22H27N2O2.2CH3.Sn.H/c1-2-19(15-17-3-5-18(16-23)6-4-17)22(25)20-7-9-21(10-8-20)24-11-13-26-14-12-24;;;;/h3-10H,2,11-16,23H2,1H3;2*1H3;;. The monoisotopic (exact) mass is 502 g/mol. The predicted octanol–water partition coefficient (Wildman–Crippen LogP) is 4.04. The van der Waals surface area contributed by atoms with Crippen molar-refractivity contribution in [1.29, 1.82) is 0 Å². The Hall–Kier alpha value is -1.37. The fraction of sp³-hybridized carbons (Fsp3) is 0.458. The molecule has 2 N–H and O–H groups in total. The van der Waals surface area contributed by atoms with Crippen molar-refractivity contribution in [2.75, 3.05) is 31.2 Å². The van der Waals surface area contributed by atoms with Gasteiger partial charge in [-0.1, -0.05) is 0 Å². The molecule has 1 unspecified atom stereocenters. The zero-order chi connectivity index (χ0) is 20.9. The van der Waals surface area contributed by atoms with Crippen molar-refractivity contribution in [2.45, 2.75) is 39.6 Å². The summed E-state index contributed by atoms with van der Waals surface area (Å²) in [5, 5.41) is 0. The van der Waals surface area contributed by atoms with Crippen LogP contribution in [-0.2, 0) is 17.7 Å². The van der Waals surface area contributed by atoms with Gasteiger partial charge in [0, 0.05) is 0 Å². The maximum absolute atomic E-state index is 13.8. The summed E-state index contributed by atoms with van der Waals surface area (Å²) in [5.41, 5.74) is 10.1. The van der Waals surface area contributed by atoms with Gasteiger partial charge in [-0.15, -0.1) is 0 Å². The molecule has 2 aromatic carbocycles. The van der Waals surface area contributed by atoms with Gasteiger partial charge in [0.2, 0.25) is 0 Å². The van der Waals surface area contributed by atoms with Gasteiger partial charge in [-0.2, -0.15) is 0 Å². The number of ketones is 1. The Labute approximate surface area is 182 Å². The van der Waals surface area contributed by atoms with Crippen molar-refractivity contribution in [1.82, 2.24) is 0 Å². The quantitative estimate of drug-likeness (QED) is 0.439. The molecular formula is C24H34N2O2Sn. The van der Waals surface area contributed by atoms with Gasteiger partial charge in [0.1, 0.15) is 0 Å². The first-order chi connectivity index (χ1) is 14.0. The van der Waals surface area contributed by atoms with Crippen LogP contribution in [0.3, 0.4) is 0 Å². The number of hydrogen-bond acceptors (Lipinski definition) is 4. The SMILES string of the molecule is CC[C](Cc1ccc(CN)cc1)(C(=O)c1ccc(N2CCOCC2)cc1)[SnH]([CH3])[CH3]. The summed E-state index contributed by atoms with van der Waals surface area (Å²) in [6.45, 7) is 6.10. The molecule has 0 saturated carbocycles. The number of nitrogens with zero attached hydrogens (tertiary/aromatic N) is 1. The number of ether oxygens (including phenoxy) is 1. The number of carbonyl (C=O) groups excluding carboxylic acids is 1. The summed E-state index contributed by atoms with van der Waals surface area (Å²) in [6.07, 6.45) is 1.75. The van der Waals surface area contributed by atoms with Crippen LogP contribution in [-0.4, -0.2) is 51.8 Å². The molecule has 29 heavy (non-hydrogen) atoms. The van der Waals surface area contributed by atoms with Crippen LogP contribution in [0.1, 0.15) is 34.8 Å². The molecule has 1 fully saturated rings. The van der Waals surface area contributed by atoms with Crippen LogP contribution in [0.15, 0.2) is 48.5 Å². The van der Waals surface area contributed by atoms with E-state index in [-0.39, 0.29) is 3.43 Å². The molecule has 0 spiro atoms. The van der Waals surface area contributed by atoms with Crippen LogP contribution in [0.4, 0.5) is 5.69 Å². The number of anilines is 1. The Bertz CT molecular complexity index is 799. The zero-order valence-corrected chi connectivity index (χ0v) is 21.3. The third kappa shape index (κ3) is 5.04. The van der Waals surface area contributed by atoms with E-state index in [9.17, 15) is 4.79 Å². The number of benzene rings is 2. The van der Waals surface area contributed by atoms with Gasteiger partial charge in [0.25, 0.3) is 0 Å². The Morgan fingerprint density at radius 3 is 2.14 bits per heavy atom. The van der Waals surface area contributed by atoms with Gasteiger partial charge in [0.05, 0.1) is 0 Å². The molecule has 1 atom stereocenters. The minimum atomic E-state index is -2.06. The van der Waals surface area contributed by atoms with Gasteiger partial charge in [-0.05, 0) is 0 Å². The van der Waals surface area contributed by atoms with E-state index in [4.69, 9.17) is 10.5 Å². The molecule has 1 saturated heterocycles. The number of hydrogen-bond donors (Lipinski definition) is 1. The summed E-state index contributed by atoms with van der Waals surface area (Å²) < 4.78 is 5.24. The molecular weight excluding hydrogens is 467 g/mol. The van der Waals surface area contributed by atoms with Crippen molar-refractivity contribution in [3.8, 4) is 0 Å². The Morgan fingerprint density at radius 2 is 1.62 bits per heavy atom. The predicted molar refractivity (Wildman–Crippen MR) is 124 cm³/mol. The molecule has 5 heteroatoms. The number of rotatable bonds is 8. The summed E-state index contributed by atoms with van der Waals surface area (Å²) in [4.78, 5) is 20.8. The van der Waals surface area contributed by atoms with Gasteiger partial charge in [0.15, 0.2) is 0 Å². The van der Waals surface area contributed by atoms with Crippen molar-refractivity contribution in [2.24, 2.45) is 5.73 Å². The van der Waals surface area contributed by atoms with Crippen molar-refractivity contribution in [3.63, 3.8) is 0 Å². The van der Waals surface area contributed by atoms with Gasteiger partial charge in [-0.3, -0.25) is 0 Å². The molecule has 2 aromatic rings. The Morgan fingerprint density at radius 1 is 1.03 bits per heavy atom. The van der Waals surface area contributed by atoms with Crippen LogP contribution in [0.5, 0.6) is 0 Å². The van der Waals surface area contributed by atoms with Crippen molar-refractivity contribution in [3.05, 3.63) is 65.2 Å². The average molecular weight is 501 g/mol. The van der Waals surface area contributed by atoms with Crippen molar-refractivity contribution < 1.29 is 9.53 Å². The van der Waals surface area contributed by atoms with E-state index in [0.29, 0.717) is 12.3 Å². The fourth-order valence-electron chi connectivity index (χ4n) is 4.33. The second-order valence-electron chi connectivity index (χ2n) is 8.34. The molecule has 4 nitrogen and oxygen atoms in total. The molecule has 1 heterocycles. The molecule has 0 bridgehead atoms. The average Bonchev–Trinajstić information content (AvgIpc) is 2.78. The Balaban J connectivity index is 1.84. The summed E-state index contributed by atoms with van der Waals surface area (Å²) >= 11 is -2.06. The number of morpholine rings is 1. The first-order valence-corrected chi connectivity index (χ1v) is 19.0. The minimum absolute atomic E-state index is 0.202. The first kappa shape index (κ1) is 22.3. The van der Waals surface area contributed by atoms with E-state index in [1.54, 1.807) is 0 Å². The molecule has 3 rings (SSSR count). The Kier molecular flexibility index (Phi) is 7.77. The van der Waals surface area contributed by atoms with E-state index >= 15 is 0 Å². The number of carbonyl (C=O) groups is 1. The zero-order valence-electron chi connectivity index (χ0n) is 18.0. The summed E-state index contributed by atoms with van der Waals surface area (Å²) in [7, 11) is 0. The van der Waals surface area contributed by atoms with Crippen LogP contribution in [0, 0.1) is 0 Å². The van der Waals surface area contributed by atoms with Crippen LogP contribution >= 0.6 is 0 Å². The summed E-state index contributed by atoms with van der Waals surface area (Å²) in [6, 6.07) is 16.7. The van der Waals surface area contributed by atoms with Crippen LogP contribution in [0.2, 0.25) is 13.3 Å². The normalized spacial score (nSPS) is 16.7. The third-order valence-corrected chi connectivity index (χ3v) is 15.3. The van der Waals surface area contributed by atoms with Crippen molar-refractivity contribution >= 4 is 31.2 Å². The topological polar surface area (TPSA) is 55.6 Å². The van der Waals surface area contributed by atoms with Crippen LogP contribution < -0.4 is 10.6 Å². The molecule has 0 radical (unpaired) electrons. The van der Waals surface area contributed by atoms with E-state index < -0.39 is 19.8 Å². The first-order valence-electron chi connectivity index (χ1n) is 10.8. The van der Waals surface area contributed by atoms with Gasteiger partial charge >= 0.3 is 183 Å². The maximum atomic E-state index is 13.8. The number of Topliss-reactive ketones (excluding diaryl/α,β-unsaturated/α-hetero) is 1. The molecule has 0 aromatic heterocycles. The second kappa shape index (κ2) is 10.1. The van der Waals surface area contributed by atoms with E-state index in [0.717, 1.165) is 50.3 Å². The van der Waals surface area contributed by atoms with E-state index in [1.807, 2.05) is 12.1 Å². The summed E-state index contributed by atoms with van der Waals surface area (Å²) in [5.74, 6) is 0.335. The van der Waals surface area contributed by atoms with Crippen LogP contribution in [0.25, 0.3) is 0 Å².